The van der Waals surface area contributed by atoms with Crippen molar-refractivity contribution in [1.82, 2.24) is 14.7 Å². The minimum Gasteiger partial charge on any atom is -0.368 e. The van der Waals surface area contributed by atoms with E-state index in [0.717, 1.165) is 11.0 Å². The SMILES string of the molecule is Cc1cc(C(=O)N2CC(CBr)OC(C)(C)C2)nn1C. The van der Waals surface area contributed by atoms with Crippen LogP contribution in [0, 0.1) is 6.92 Å². The molecule has 6 heteroatoms. The molecule has 1 unspecified atom stereocenters. The van der Waals surface area contributed by atoms with Crippen LogP contribution in [0.4, 0.5) is 0 Å². The molecule has 2 rings (SSSR count). The number of carbonyl (C=O) groups is 1. The maximum atomic E-state index is 12.5. The Kier molecular flexibility index (Phi) is 4.01. The fraction of sp³-hybridized carbons (Fsp3) is 0.692. The zero-order chi connectivity index (χ0) is 14.2. The van der Waals surface area contributed by atoms with Gasteiger partial charge in [0.2, 0.25) is 0 Å². The number of hydrogen-bond acceptors (Lipinski definition) is 3. The van der Waals surface area contributed by atoms with Gasteiger partial charge in [0.15, 0.2) is 5.69 Å². The molecular formula is C13H20BrN3O2. The molecule has 1 aliphatic rings. The summed E-state index contributed by atoms with van der Waals surface area (Å²) in [6.07, 6.45) is 0.0255. The molecular weight excluding hydrogens is 310 g/mol. The van der Waals surface area contributed by atoms with Gasteiger partial charge >= 0.3 is 0 Å². The summed E-state index contributed by atoms with van der Waals surface area (Å²) in [5.41, 5.74) is 1.16. The molecule has 1 aromatic rings. The molecule has 2 heterocycles. The highest BCUT2D eigenvalue weighted by molar-refractivity contribution is 9.09. The van der Waals surface area contributed by atoms with E-state index < -0.39 is 0 Å². The van der Waals surface area contributed by atoms with Crippen molar-refractivity contribution in [3.05, 3.63) is 17.5 Å². The Bertz CT molecular complexity index is 465. The van der Waals surface area contributed by atoms with E-state index in [2.05, 4.69) is 21.0 Å². The van der Waals surface area contributed by atoms with Gasteiger partial charge in [-0.1, -0.05) is 15.9 Å². The molecule has 0 radical (unpaired) electrons. The van der Waals surface area contributed by atoms with Crippen molar-refractivity contribution in [2.24, 2.45) is 7.05 Å². The monoisotopic (exact) mass is 329 g/mol. The Labute approximate surface area is 122 Å². The molecule has 106 valence electrons. The van der Waals surface area contributed by atoms with Crippen molar-refractivity contribution in [3.63, 3.8) is 0 Å². The summed E-state index contributed by atoms with van der Waals surface area (Å²) in [5, 5.41) is 4.98. The number of aromatic nitrogens is 2. The van der Waals surface area contributed by atoms with Crippen LogP contribution in [-0.4, -0.2) is 50.7 Å². The van der Waals surface area contributed by atoms with Crippen molar-refractivity contribution in [2.45, 2.75) is 32.5 Å². The number of rotatable bonds is 2. The minimum absolute atomic E-state index is 0.0222. The summed E-state index contributed by atoms with van der Waals surface area (Å²) >= 11 is 3.43. The number of nitrogens with zero attached hydrogens (tertiary/aromatic N) is 3. The smallest absolute Gasteiger partial charge is 0.274 e. The molecule has 0 saturated carbocycles. The number of morpholine rings is 1. The first-order valence-corrected chi connectivity index (χ1v) is 7.48. The molecule has 1 atom stereocenters. The van der Waals surface area contributed by atoms with Gasteiger partial charge in [-0.3, -0.25) is 9.48 Å². The van der Waals surface area contributed by atoms with Gasteiger partial charge in [0.1, 0.15) is 0 Å². The third-order valence-electron chi connectivity index (χ3n) is 3.27. The maximum absolute atomic E-state index is 12.5. The summed E-state index contributed by atoms with van der Waals surface area (Å²) in [5.74, 6) is -0.0222. The predicted molar refractivity (Wildman–Crippen MR) is 76.6 cm³/mol. The zero-order valence-corrected chi connectivity index (χ0v) is 13.4. The number of halogens is 1. The van der Waals surface area contributed by atoms with E-state index in [1.165, 1.54) is 0 Å². The average molecular weight is 330 g/mol. The first-order chi connectivity index (χ1) is 8.82. The average Bonchev–Trinajstić information content (AvgIpc) is 2.66. The van der Waals surface area contributed by atoms with Crippen molar-refractivity contribution >= 4 is 21.8 Å². The molecule has 1 fully saturated rings. The van der Waals surface area contributed by atoms with Crippen molar-refractivity contribution in [1.29, 1.82) is 0 Å². The topological polar surface area (TPSA) is 47.4 Å². The second-order valence-electron chi connectivity index (χ2n) is 5.63. The largest absolute Gasteiger partial charge is 0.368 e. The van der Waals surface area contributed by atoms with Gasteiger partial charge in [-0.25, -0.2) is 0 Å². The van der Waals surface area contributed by atoms with E-state index in [1.54, 1.807) is 4.68 Å². The Morgan fingerprint density at radius 2 is 2.32 bits per heavy atom. The Balaban J connectivity index is 2.18. The number of amides is 1. The molecule has 0 N–H and O–H groups in total. The molecule has 1 aliphatic heterocycles. The van der Waals surface area contributed by atoms with Gasteiger partial charge < -0.3 is 9.64 Å². The lowest BCUT2D eigenvalue weighted by molar-refractivity contribution is -0.116. The Morgan fingerprint density at radius 1 is 1.63 bits per heavy atom. The lowest BCUT2D eigenvalue weighted by Crippen LogP contribution is -2.55. The molecule has 0 aliphatic carbocycles. The first-order valence-electron chi connectivity index (χ1n) is 6.36. The first kappa shape index (κ1) is 14.5. The number of alkyl halides is 1. The van der Waals surface area contributed by atoms with Gasteiger partial charge in [-0.15, -0.1) is 0 Å². The third kappa shape index (κ3) is 3.17. The second-order valence-corrected chi connectivity index (χ2v) is 6.28. The summed E-state index contributed by atoms with van der Waals surface area (Å²) in [7, 11) is 1.84. The van der Waals surface area contributed by atoms with Crippen LogP contribution in [0.2, 0.25) is 0 Å². The predicted octanol–water partition coefficient (Wildman–Crippen LogP) is 1.74. The van der Waals surface area contributed by atoms with Crippen LogP contribution in [0.3, 0.4) is 0 Å². The molecule has 0 aromatic carbocycles. The number of aryl methyl sites for hydroxylation is 2. The normalized spacial score (nSPS) is 22.6. The highest BCUT2D eigenvalue weighted by atomic mass is 79.9. The molecule has 19 heavy (non-hydrogen) atoms. The van der Waals surface area contributed by atoms with E-state index in [4.69, 9.17) is 4.74 Å². The van der Waals surface area contributed by atoms with Crippen LogP contribution in [0.15, 0.2) is 6.07 Å². The molecule has 1 amide bonds. The van der Waals surface area contributed by atoms with Crippen LogP contribution >= 0.6 is 15.9 Å². The lowest BCUT2D eigenvalue weighted by Gasteiger charge is -2.42. The molecule has 5 nitrogen and oxygen atoms in total. The van der Waals surface area contributed by atoms with Gasteiger partial charge in [0.05, 0.1) is 11.7 Å². The van der Waals surface area contributed by atoms with E-state index in [1.807, 2.05) is 38.8 Å². The maximum Gasteiger partial charge on any atom is 0.274 e. The molecule has 1 saturated heterocycles. The summed E-state index contributed by atoms with van der Waals surface area (Å²) in [4.78, 5) is 14.3. The lowest BCUT2D eigenvalue weighted by atomic mass is 10.1. The Hall–Kier alpha value is -0.880. The van der Waals surface area contributed by atoms with Gasteiger partial charge in [0, 0.05) is 31.2 Å². The highest BCUT2D eigenvalue weighted by Crippen LogP contribution is 2.23. The summed E-state index contributed by atoms with van der Waals surface area (Å²) in [6.45, 7) is 7.14. The second kappa shape index (κ2) is 5.25. The summed E-state index contributed by atoms with van der Waals surface area (Å²) < 4.78 is 7.62. The van der Waals surface area contributed by atoms with E-state index in [-0.39, 0.29) is 17.6 Å². The van der Waals surface area contributed by atoms with Crippen LogP contribution < -0.4 is 0 Å². The Morgan fingerprint density at radius 3 is 2.84 bits per heavy atom. The standard InChI is InChI=1S/C13H20BrN3O2/c1-9-5-11(15-16(9)4)12(18)17-7-10(6-14)19-13(2,3)8-17/h5,10H,6-8H2,1-4H3. The molecule has 0 spiro atoms. The van der Waals surface area contributed by atoms with Crippen molar-refractivity contribution in [3.8, 4) is 0 Å². The van der Waals surface area contributed by atoms with Gasteiger partial charge in [-0.05, 0) is 26.8 Å². The van der Waals surface area contributed by atoms with Gasteiger partial charge in [-0.2, -0.15) is 5.10 Å². The number of ether oxygens (including phenoxy) is 1. The zero-order valence-electron chi connectivity index (χ0n) is 11.8. The molecule has 0 bridgehead atoms. The van der Waals surface area contributed by atoms with Crippen molar-refractivity contribution < 1.29 is 9.53 Å². The van der Waals surface area contributed by atoms with Crippen LogP contribution in [0.1, 0.15) is 30.0 Å². The third-order valence-corrected chi connectivity index (χ3v) is 4.00. The van der Waals surface area contributed by atoms with Gasteiger partial charge in [0.25, 0.3) is 5.91 Å². The quantitative estimate of drug-likeness (QED) is 0.776. The van der Waals surface area contributed by atoms with Crippen LogP contribution in [0.5, 0.6) is 0 Å². The van der Waals surface area contributed by atoms with Crippen molar-refractivity contribution in [2.75, 3.05) is 18.4 Å². The van der Waals surface area contributed by atoms with Crippen LogP contribution in [0.25, 0.3) is 0 Å². The van der Waals surface area contributed by atoms with E-state index >= 15 is 0 Å². The fourth-order valence-electron chi connectivity index (χ4n) is 2.36. The number of carbonyl (C=O) groups excluding carboxylic acids is 1. The summed E-state index contributed by atoms with van der Waals surface area (Å²) in [6, 6.07) is 1.83. The van der Waals surface area contributed by atoms with E-state index in [0.29, 0.717) is 18.8 Å². The van der Waals surface area contributed by atoms with Crippen LogP contribution in [-0.2, 0) is 11.8 Å². The number of hydrogen-bond donors (Lipinski definition) is 0. The fourth-order valence-corrected chi connectivity index (χ4v) is 2.69. The minimum atomic E-state index is -0.323. The van der Waals surface area contributed by atoms with E-state index in [9.17, 15) is 4.79 Å². The molecule has 1 aromatic heterocycles. The highest BCUT2D eigenvalue weighted by Gasteiger charge is 2.36.